The molecule has 4 unspecified atom stereocenters. The molecule has 3 N–H and O–H groups in total. The zero-order valence-corrected chi connectivity index (χ0v) is 23.7. The second-order valence-corrected chi connectivity index (χ2v) is 10.8. The van der Waals surface area contributed by atoms with Crippen LogP contribution in [0.3, 0.4) is 0 Å². The van der Waals surface area contributed by atoms with Crippen molar-refractivity contribution in [3.8, 4) is 11.5 Å². The van der Waals surface area contributed by atoms with Crippen molar-refractivity contribution in [2.45, 2.75) is 50.9 Å². The van der Waals surface area contributed by atoms with Crippen LogP contribution in [0.15, 0.2) is 66.7 Å². The van der Waals surface area contributed by atoms with Gasteiger partial charge in [0.15, 0.2) is 0 Å². The lowest BCUT2D eigenvalue weighted by molar-refractivity contribution is -0.154. The van der Waals surface area contributed by atoms with E-state index in [4.69, 9.17) is 4.74 Å². The number of carbonyl (C=O) groups excluding carboxylic acids is 2. The average Bonchev–Trinajstić information content (AvgIpc) is 3.45. The first-order valence-electron chi connectivity index (χ1n) is 14.0. The summed E-state index contributed by atoms with van der Waals surface area (Å²) in [6.07, 6.45) is -4.62. The number of ether oxygens (including phenoxy) is 1. The summed E-state index contributed by atoms with van der Waals surface area (Å²) in [4.78, 5) is 54.1. The number of benzene rings is 3. The van der Waals surface area contributed by atoms with Crippen molar-refractivity contribution in [3.05, 3.63) is 89.0 Å². The minimum Gasteiger partial charge on any atom is -0.481 e. The molecule has 2 fully saturated rings. The topological polar surface area (TPSA) is 133 Å². The molecule has 3 aromatic carbocycles. The minimum absolute atomic E-state index is 0.0875. The van der Waals surface area contributed by atoms with Crippen LogP contribution in [0.1, 0.15) is 48.6 Å². The zero-order valence-electron chi connectivity index (χ0n) is 23.7. The molecule has 0 saturated carbocycles. The fourth-order valence-corrected chi connectivity index (χ4v) is 6.33. The Morgan fingerprint density at radius 1 is 0.909 bits per heavy atom. The number of hydrogen-bond donors (Lipinski definition) is 3. The summed E-state index contributed by atoms with van der Waals surface area (Å²) in [5, 5.41) is 23.0. The van der Waals surface area contributed by atoms with Crippen LogP contribution >= 0.6 is 0 Å². The number of aryl methyl sites for hydroxylation is 2. The average molecular weight is 611 g/mol. The molecule has 2 heterocycles. The first-order chi connectivity index (χ1) is 20.8. The van der Waals surface area contributed by atoms with Crippen LogP contribution in [0.2, 0.25) is 0 Å². The Bertz CT molecular complexity index is 1630. The van der Waals surface area contributed by atoms with Gasteiger partial charge in [0.25, 0.3) is 0 Å². The highest BCUT2D eigenvalue weighted by molar-refractivity contribution is 6.25. The van der Waals surface area contributed by atoms with Gasteiger partial charge in [-0.05, 0) is 59.9 Å². The van der Waals surface area contributed by atoms with E-state index in [1.165, 1.54) is 30.3 Å². The molecule has 0 bridgehead atoms. The molecule has 4 atom stereocenters. The fraction of sp³-hybridized carbons (Fsp3) is 0.312. The number of carbonyl (C=O) groups is 4. The molecule has 230 valence electrons. The van der Waals surface area contributed by atoms with Crippen molar-refractivity contribution in [3.63, 3.8) is 0 Å². The predicted molar refractivity (Wildman–Crippen MR) is 151 cm³/mol. The molecule has 0 aromatic heterocycles. The van der Waals surface area contributed by atoms with Gasteiger partial charge in [0.2, 0.25) is 11.8 Å². The first kappa shape index (κ1) is 30.7. The number of fused-ring (bicyclic) bond motifs is 1. The molecule has 9 nitrogen and oxygen atoms in total. The maximum Gasteiger partial charge on any atom is 0.416 e. The van der Waals surface area contributed by atoms with E-state index >= 15 is 0 Å². The minimum atomic E-state index is -4.59. The molecule has 0 aliphatic carbocycles. The SMILES string of the molecule is CCc1cccc(CC)c1N1C(=O)C2C(c3cccc(Oc4cccc(C(F)(F)F)c4)c3)NC(CC(=O)O)(C(=O)O)C2C1=O. The van der Waals surface area contributed by atoms with Crippen LogP contribution in [-0.2, 0) is 38.2 Å². The lowest BCUT2D eigenvalue weighted by Gasteiger charge is -2.30. The third-order valence-corrected chi connectivity index (χ3v) is 8.27. The van der Waals surface area contributed by atoms with Gasteiger partial charge < -0.3 is 14.9 Å². The van der Waals surface area contributed by atoms with Crippen molar-refractivity contribution in [2.75, 3.05) is 4.90 Å². The van der Waals surface area contributed by atoms with Crippen LogP contribution in [0.4, 0.5) is 18.9 Å². The monoisotopic (exact) mass is 610 g/mol. The van der Waals surface area contributed by atoms with Gasteiger partial charge in [0.05, 0.1) is 29.5 Å². The van der Waals surface area contributed by atoms with Gasteiger partial charge in [-0.15, -0.1) is 0 Å². The van der Waals surface area contributed by atoms with E-state index in [0.717, 1.165) is 17.0 Å². The quantitative estimate of drug-likeness (QED) is 0.276. The van der Waals surface area contributed by atoms with E-state index in [0.29, 0.717) is 35.2 Å². The van der Waals surface area contributed by atoms with E-state index < -0.39 is 65.3 Å². The van der Waals surface area contributed by atoms with Gasteiger partial charge >= 0.3 is 18.1 Å². The number of carboxylic acid groups (broad SMARTS) is 2. The molecule has 2 saturated heterocycles. The Morgan fingerprint density at radius 3 is 2.07 bits per heavy atom. The van der Waals surface area contributed by atoms with Crippen molar-refractivity contribution in [1.29, 1.82) is 0 Å². The van der Waals surface area contributed by atoms with Crippen LogP contribution < -0.4 is 15.0 Å². The van der Waals surface area contributed by atoms with Gasteiger partial charge in [0.1, 0.15) is 17.0 Å². The number of halogens is 3. The summed E-state index contributed by atoms with van der Waals surface area (Å²) in [6.45, 7) is 3.71. The molecule has 2 amide bonds. The van der Waals surface area contributed by atoms with Crippen molar-refractivity contribution in [2.24, 2.45) is 11.8 Å². The lowest BCUT2D eigenvalue weighted by atomic mass is 9.77. The van der Waals surface area contributed by atoms with Crippen LogP contribution in [0, 0.1) is 11.8 Å². The number of nitrogens with zero attached hydrogens (tertiary/aromatic N) is 1. The normalized spacial score (nSPS) is 23.1. The Labute approximate surface area is 250 Å². The maximum absolute atomic E-state index is 14.2. The van der Waals surface area contributed by atoms with Gasteiger partial charge in [-0.2, -0.15) is 13.2 Å². The Kier molecular flexibility index (Phi) is 7.98. The smallest absolute Gasteiger partial charge is 0.416 e. The van der Waals surface area contributed by atoms with E-state index in [2.05, 4.69) is 5.32 Å². The van der Waals surface area contributed by atoms with E-state index in [-0.39, 0.29) is 11.5 Å². The molecule has 2 aliphatic rings. The highest BCUT2D eigenvalue weighted by Gasteiger charge is 2.69. The van der Waals surface area contributed by atoms with E-state index in [1.54, 1.807) is 24.3 Å². The summed E-state index contributed by atoms with van der Waals surface area (Å²) in [7, 11) is 0. The third-order valence-electron chi connectivity index (χ3n) is 8.27. The van der Waals surface area contributed by atoms with Crippen LogP contribution in [0.25, 0.3) is 0 Å². The fourth-order valence-electron chi connectivity index (χ4n) is 6.33. The van der Waals surface area contributed by atoms with Gasteiger partial charge in [-0.1, -0.05) is 50.2 Å². The Morgan fingerprint density at radius 2 is 1.50 bits per heavy atom. The number of imide groups is 1. The standard InChI is InChI=1S/C32H29F3N2O7/c1-3-17-8-5-9-18(4-2)27(17)37-28(40)24-25(29(37)41)31(30(42)43,16-23(38)39)36-26(24)19-10-6-12-21(14-19)44-22-13-7-11-20(15-22)32(33,34)35/h5-15,24-26,36H,3-4,16H2,1-2H3,(H,38,39)(H,42,43). The summed E-state index contributed by atoms with van der Waals surface area (Å²) < 4.78 is 45.4. The van der Waals surface area contributed by atoms with Crippen molar-refractivity contribution >= 4 is 29.4 Å². The second kappa shape index (κ2) is 11.4. The molecule has 3 aromatic rings. The van der Waals surface area contributed by atoms with E-state index in [1.807, 2.05) is 13.8 Å². The number of carboxylic acids is 2. The molecular weight excluding hydrogens is 581 g/mol. The number of para-hydroxylation sites is 1. The number of nitrogens with one attached hydrogen (secondary N) is 1. The van der Waals surface area contributed by atoms with Gasteiger partial charge in [0, 0.05) is 6.04 Å². The van der Waals surface area contributed by atoms with Crippen LogP contribution in [-0.4, -0.2) is 39.5 Å². The number of amides is 2. The Balaban J connectivity index is 1.60. The lowest BCUT2D eigenvalue weighted by Crippen LogP contribution is -2.57. The highest BCUT2D eigenvalue weighted by atomic mass is 19.4. The predicted octanol–water partition coefficient (Wildman–Crippen LogP) is 5.37. The molecule has 0 radical (unpaired) electrons. The third kappa shape index (κ3) is 5.19. The maximum atomic E-state index is 14.2. The summed E-state index contributed by atoms with van der Waals surface area (Å²) in [6, 6.07) is 14.4. The summed E-state index contributed by atoms with van der Waals surface area (Å²) >= 11 is 0. The van der Waals surface area contributed by atoms with Gasteiger partial charge in [-0.3, -0.25) is 24.5 Å². The molecule has 0 spiro atoms. The van der Waals surface area contributed by atoms with Crippen LogP contribution in [0.5, 0.6) is 11.5 Å². The second-order valence-electron chi connectivity index (χ2n) is 10.8. The number of rotatable bonds is 9. The number of alkyl halides is 3. The summed E-state index contributed by atoms with van der Waals surface area (Å²) in [5.74, 6) is -7.45. The van der Waals surface area contributed by atoms with E-state index in [9.17, 15) is 42.6 Å². The molecule has 12 heteroatoms. The first-order valence-corrected chi connectivity index (χ1v) is 14.0. The number of aliphatic carboxylic acids is 2. The van der Waals surface area contributed by atoms with Crippen molar-refractivity contribution in [1.82, 2.24) is 5.32 Å². The number of anilines is 1. The van der Waals surface area contributed by atoms with Crippen molar-refractivity contribution < 1.29 is 47.3 Å². The molecular formula is C32H29F3N2O7. The Hall–Kier alpha value is -4.71. The summed E-state index contributed by atoms with van der Waals surface area (Å²) in [5.41, 5.74) is -1.18. The molecule has 2 aliphatic heterocycles. The largest absolute Gasteiger partial charge is 0.481 e. The molecule has 5 rings (SSSR count). The molecule has 44 heavy (non-hydrogen) atoms. The highest BCUT2D eigenvalue weighted by Crippen LogP contribution is 2.52. The zero-order chi connectivity index (χ0) is 32.0. The number of hydrogen-bond acceptors (Lipinski definition) is 6. The van der Waals surface area contributed by atoms with Gasteiger partial charge in [-0.25, -0.2) is 4.90 Å².